The van der Waals surface area contributed by atoms with Gasteiger partial charge in [-0.3, -0.25) is 9.59 Å². The Kier molecular flexibility index (Phi) is 5.07. The average molecular weight is 422 g/mol. The largest absolute Gasteiger partial charge is 0.366 e. The fraction of sp³-hybridized carbons (Fsp3) is 0.111. The van der Waals surface area contributed by atoms with Crippen molar-refractivity contribution in [3.05, 3.63) is 108 Å². The highest BCUT2D eigenvalue weighted by molar-refractivity contribution is 6.03. The third kappa shape index (κ3) is 3.81. The molecule has 1 heterocycles. The van der Waals surface area contributed by atoms with Crippen LogP contribution in [-0.2, 0) is 11.3 Å². The molecule has 2 amide bonds. The van der Waals surface area contributed by atoms with Crippen molar-refractivity contribution in [2.75, 3.05) is 16.8 Å². The average Bonchev–Trinajstić information content (AvgIpc) is 2.95. The summed E-state index contributed by atoms with van der Waals surface area (Å²) in [5.41, 5.74) is 9.43. The number of carbonyl (C=O) groups excluding carboxylic acids is 2. The molecule has 0 aromatic heterocycles. The van der Waals surface area contributed by atoms with E-state index in [-0.39, 0.29) is 11.8 Å². The Labute approximate surface area is 186 Å². The SMILES string of the molecule is NC(=O)c1ccc2c(c1)NC(=O)C(c1ccccc1)CN2Cc1ccc2ccccc2c1. The second-order valence-electron chi connectivity index (χ2n) is 8.11. The molecule has 5 nitrogen and oxygen atoms in total. The van der Waals surface area contributed by atoms with Crippen molar-refractivity contribution in [1.29, 1.82) is 0 Å². The first kappa shape index (κ1) is 19.8. The number of rotatable bonds is 4. The Bertz CT molecular complexity index is 1320. The first-order chi connectivity index (χ1) is 15.6. The van der Waals surface area contributed by atoms with Gasteiger partial charge in [-0.2, -0.15) is 0 Å². The van der Waals surface area contributed by atoms with E-state index in [0.717, 1.165) is 16.8 Å². The molecule has 1 unspecified atom stereocenters. The molecule has 0 fully saturated rings. The van der Waals surface area contributed by atoms with E-state index in [1.54, 1.807) is 12.1 Å². The van der Waals surface area contributed by atoms with Gasteiger partial charge in [0.1, 0.15) is 0 Å². The van der Waals surface area contributed by atoms with E-state index >= 15 is 0 Å². The molecule has 0 saturated carbocycles. The fourth-order valence-electron chi connectivity index (χ4n) is 4.34. The van der Waals surface area contributed by atoms with Crippen LogP contribution in [0.3, 0.4) is 0 Å². The van der Waals surface area contributed by atoms with Gasteiger partial charge in [-0.1, -0.05) is 66.7 Å². The van der Waals surface area contributed by atoms with Gasteiger partial charge in [0.2, 0.25) is 11.8 Å². The Hall–Kier alpha value is -4.12. The second kappa shape index (κ2) is 8.19. The molecule has 1 aliphatic heterocycles. The van der Waals surface area contributed by atoms with Gasteiger partial charge in [-0.15, -0.1) is 0 Å². The predicted octanol–water partition coefficient (Wildman–Crippen LogP) is 4.68. The molecule has 32 heavy (non-hydrogen) atoms. The molecule has 5 rings (SSSR count). The lowest BCUT2D eigenvalue weighted by Gasteiger charge is -2.27. The van der Waals surface area contributed by atoms with E-state index < -0.39 is 5.91 Å². The third-order valence-electron chi connectivity index (χ3n) is 5.99. The lowest BCUT2D eigenvalue weighted by atomic mass is 9.97. The van der Waals surface area contributed by atoms with Crippen LogP contribution in [0.5, 0.6) is 0 Å². The van der Waals surface area contributed by atoms with Crippen molar-refractivity contribution < 1.29 is 9.59 Å². The van der Waals surface area contributed by atoms with E-state index in [1.165, 1.54) is 10.8 Å². The lowest BCUT2D eigenvalue weighted by Crippen LogP contribution is -2.30. The summed E-state index contributed by atoms with van der Waals surface area (Å²) in [6, 6.07) is 29.7. The predicted molar refractivity (Wildman–Crippen MR) is 128 cm³/mol. The van der Waals surface area contributed by atoms with Crippen molar-refractivity contribution in [2.24, 2.45) is 5.73 Å². The van der Waals surface area contributed by atoms with Gasteiger partial charge < -0.3 is 16.0 Å². The van der Waals surface area contributed by atoms with Gasteiger partial charge >= 0.3 is 0 Å². The second-order valence-corrected chi connectivity index (χ2v) is 8.11. The highest BCUT2D eigenvalue weighted by Gasteiger charge is 2.29. The standard InChI is InChI=1S/C27H23N3O2/c28-26(31)22-12-13-25-24(15-22)29-27(32)23(20-7-2-1-3-8-20)17-30(25)16-18-10-11-19-6-4-5-9-21(19)14-18/h1-15,23H,16-17H2,(H2,28,31)(H,29,32). The van der Waals surface area contributed by atoms with Gasteiger partial charge in [0.25, 0.3) is 0 Å². The van der Waals surface area contributed by atoms with Crippen molar-refractivity contribution in [3.63, 3.8) is 0 Å². The molecule has 5 heteroatoms. The molecule has 0 aliphatic carbocycles. The smallest absolute Gasteiger partial charge is 0.248 e. The van der Waals surface area contributed by atoms with Gasteiger partial charge in [-0.05, 0) is 46.2 Å². The van der Waals surface area contributed by atoms with Crippen LogP contribution in [0.15, 0.2) is 91.0 Å². The minimum atomic E-state index is -0.521. The number of amides is 2. The van der Waals surface area contributed by atoms with E-state index in [9.17, 15) is 9.59 Å². The first-order valence-corrected chi connectivity index (χ1v) is 10.6. The topological polar surface area (TPSA) is 75.4 Å². The minimum absolute atomic E-state index is 0.0971. The molecule has 0 spiro atoms. The fourth-order valence-corrected chi connectivity index (χ4v) is 4.34. The van der Waals surface area contributed by atoms with Crippen LogP contribution >= 0.6 is 0 Å². The molecular formula is C27H23N3O2. The summed E-state index contributed by atoms with van der Waals surface area (Å²) in [4.78, 5) is 27.1. The normalized spacial score (nSPS) is 15.7. The van der Waals surface area contributed by atoms with Crippen molar-refractivity contribution in [3.8, 4) is 0 Å². The monoisotopic (exact) mass is 421 g/mol. The number of hydrogen-bond donors (Lipinski definition) is 2. The van der Waals surface area contributed by atoms with Crippen molar-refractivity contribution in [1.82, 2.24) is 0 Å². The minimum Gasteiger partial charge on any atom is -0.366 e. The number of nitrogens with two attached hydrogens (primary N) is 1. The number of carbonyl (C=O) groups is 2. The van der Waals surface area contributed by atoms with Crippen molar-refractivity contribution >= 4 is 34.0 Å². The molecule has 1 aliphatic rings. The number of anilines is 2. The number of benzene rings is 4. The summed E-state index contributed by atoms with van der Waals surface area (Å²) in [6.45, 7) is 1.15. The Balaban J connectivity index is 1.57. The summed E-state index contributed by atoms with van der Waals surface area (Å²) in [5, 5.41) is 5.39. The van der Waals surface area contributed by atoms with Crippen LogP contribution in [0.1, 0.15) is 27.4 Å². The number of nitrogens with zero attached hydrogens (tertiary/aromatic N) is 1. The molecule has 4 aromatic rings. The zero-order valence-corrected chi connectivity index (χ0v) is 17.5. The molecule has 1 atom stereocenters. The van der Waals surface area contributed by atoms with Gasteiger partial charge in [0.05, 0.1) is 17.3 Å². The quantitative estimate of drug-likeness (QED) is 0.502. The van der Waals surface area contributed by atoms with Crippen LogP contribution in [-0.4, -0.2) is 18.4 Å². The zero-order valence-electron chi connectivity index (χ0n) is 17.5. The molecule has 4 aromatic carbocycles. The summed E-state index contributed by atoms with van der Waals surface area (Å²) >= 11 is 0. The molecule has 158 valence electrons. The van der Waals surface area contributed by atoms with Gasteiger partial charge in [0, 0.05) is 18.7 Å². The third-order valence-corrected chi connectivity index (χ3v) is 5.99. The molecule has 0 bridgehead atoms. The number of fused-ring (bicyclic) bond motifs is 2. The van der Waals surface area contributed by atoms with E-state index in [2.05, 4.69) is 40.5 Å². The number of primary amides is 1. The first-order valence-electron chi connectivity index (χ1n) is 10.6. The number of hydrogen-bond acceptors (Lipinski definition) is 3. The van der Waals surface area contributed by atoms with E-state index in [1.807, 2.05) is 48.5 Å². The summed E-state index contributed by atoms with van der Waals surface area (Å²) in [6.07, 6.45) is 0. The summed E-state index contributed by atoms with van der Waals surface area (Å²) in [5.74, 6) is -0.965. The molecule has 0 radical (unpaired) electrons. The maximum atomic E-state index is 13.2. The van der Waals surface area contributed by atoms with Crippen LogP contribution in [0.25, 0.3) is 10.8 Å². The summed E-state index contributed by atoms with van der Waals surface area (Å²) < 4.78 is 0. The highest BCUT2D eigenvalue weighted by atomic mass is 16.2. The van der Waals surface area contributed by atoms with Crippen LogP contribution < -0.4 is 16.0 Å². The summed E-state index contributed by atoms with van der Waals surface area (Å²) in [7, 11) is 0. The van der Waals surface area contributed by atoms with Crippen molar-refractivity contribution in [2.45, 2.75) is 12.5 Å². The maximum absolute atomic E-state index is 13.2. The van der Waals surface area contributed by atoms with Gasteiger partial charge in [0.15, 0.2) is 0 Å². The molecule has 3 N–H and O–H groups in total. The lowest BCUT2D eigenvalue weighted by molar-refractivity contribution is -0.117. The highest BCUT2D eigenvalue weighted by Crippen LogP contribution is 2.35. The van der Waals surface area contributed by atoms with E-state index in [4.69, 9.17) is 5.73 Å². The van der Waals surface area contributed by atoms with Crippen LogP contribution in [0.2, 0.25) is 0 Å². The molecule has 0 saturated heterocycles. The zero-order chi connectivity index (χ0) is 22.1. The Morgan fingerprint density at radius 2 is 1.66 bits per heavy atom. The van der Waals surface area contributed by atoms with Crippen LogP contribution in [0.4, 0.5) is 11.4 Å². The van der Waals surface area contributed by atoms with Gasteiger partial charge in [-0.25, -0.2) is 0 Å². The van der Waals surface area contributed by atoms with Crippen LogP contribution in [0, 0.1) is 0 Å². The number of nitrogens with one attached hydrogen (secondary N) is 1. The Morgan fingerprint density at radius 1 is 0.906 bits per heavy atom. The Morgan fingerprint density at radius 3 is 2.44 bits per heavy atom. The maximum Gasteiger partial charge on any atom is 0.248 e. The van der Waals surface area contributed by atoms with E-state index in [0.29, 0.717) is 24.3 Å². The molecular weight excluding hydrogens is 398 g/mol.